The predicted octanol–water partition coefficient (Wildman–Crippen LogP) is 4.00. The van der Waals surface area contributed by atoms with Gasteiger partial charge in [-0.25, -0.2) is 9.37 Å². The topological polar surface area (TPSA) is 64.0 Å². The van der Waals surface area contributed by atoms with Gasteiger partial charge in [0, 0.05) is 21.8 Å². The van der Waals surface area contributed by atoms with E-state index >= 15 is 0 Å². The van der Waals surface area contributed by atoms with Crippen LogP contribution in [0.2, 0.25) is 0 Å². The average molecular weight is 430 g/mol. The Balaban J connectivity index is 2.16. The Bertz CT molecular complexity index is 1090. The van der Waals surface area contributed by atoms with Gasteiger partial charge in [0.2, 0.25) is 0 Å². The molecule has 0 radical (unpaired) electrons. The quantitative estimate of drug-likeness (QED) is 0.666. The van der Waals surface area contributed by atoms with Crippen LogP contribution < -0.4 is 10.9 Å². The highest BCUT2D eigenvalue weighted by Gasteiger charge is 2.17. The summed E-state index contributed by atoms with van der Waals surface area (Å²) in [7, 11) is 0. The zero-order valence-electron chi connectivity index (χ0n) is 14.6. The molecule has 1 N–H and O–H groups in total. The average Bonchev–Trinajstić information content (AvgIpc) is 2.65. The van der Waals surface area contributed by atoms with E-state index in [1.165, 1.54) is 22.8 Å². The van der Waals surface area contributed by atoms with E-state index in [4.69, 9.17) is 0 Å². The van der Waals surface area contributed by atoms with Gasteiger partial charge in [0.15, 0.2) is 0 Å². The number of rotatable bonds is 5. The third-order valence-electron chi connectivity index (χ3n) is 4.11. The molecule has 0 aliphatic carbocycles. The molecular formula is C20H17BrFN3O2. The Morgan fingerprint density at radius 2 is 2.00 bits per heavy atom. The number of pyridine rings is 2. The van der Waals surface area contributed by atoms with Gasteiger partial charge < -0.3 is 5.32 Å². The molecule has 2 aromatic heterocycles. The van der Waals surface area contributed by atoms with Crippen LogP contribution in [0.15, 0.2) is 64.1 Å². The largest absolute Gasteiger partial charge is 0.326 e. The maximum atomic E-state index is 13.2. The molecule has 0 bridgehead atoms. The smallest absolute Gasteiger partial charge is 0.265 e. The van der Waals surface area contributed by atoms with E-state index in [0.717, 1.165) is 10.0 Å². The normalized spacial score (nSPS) is 10.8. The molecule has 0 aliphatic rings. The summed E-state index contributed by atoms with van der Waals surface area (Å²) in [6.07, 6.45) is 2.15. The fourth-order valence-corrected chi connectivity index (χ4v) is 2.99. The lowest BCUT2D eigenvalue weighted by Gasteiger charge is -2.13. The van der Waals surface area contributed by atoms with Crippen molar-refractivity contribution < 1.29 is 9.18 Å². The number of carbonyl (C=O) groups is 1. The van der Waals surface area contributed by atoms with Crippen molar-refractivity contribution in [2.75, 3.05) is 0 Å². The number of carbonyl (C=O) groups excluding carboxylic acids is 1. The maximum Gasteiger partial charge on any atom is 0.265 e. The number of hydrogen-bond acceptors (Lipinski definition) is 3. The van der Waals surface area contributed by atoms with Crippen LogP contribution in [0.4, 0.5) is 4.39 Å². The SMILES string of the molecule is C=C(CC)NC(=O)c1cc2cc(Br)cnc2n(Cc2ccc(F)cc2)c1=O. The van der Waals surface area contributed by atoms with Crippen LogP contribution in [0.25, 0.3) is 11.0 Å². The minimum Gasteiger partial charge on any atom is -0.326 e. The van der Waals surface area contributed by atoms with Crippen molar-refractivity contribution in [2.45, 2.75) is 19.9 Å². The van der Waals surface area contributed by atoms with Crippen molar-refractivity contribution in [1.82, 2.24) is 14.9 Å². The van der Waals surface area contributed by atoms with Crippen molar-refractivity contribution in [3.8, 4) is 0 Å². The first-order chi connectivity index (χ1) is 12.9. The molecule has 7 heteroatoms. The van der Waals surface area contributed by atoms with Gasteiger partial charge in [-0.1, -0.05) is 25.6 Å². The second-order valence-electron chi connectivity index (χ2n) is 6.05. The van der Waals surface area contributed by atoms with Crippen LogP contribution in [0.5, 0.6) is 0 Å². The highest BCUT2D eigenvalue weighted by Crippen LogP contribution is 2.18. The van der Waals surface area contributed by atoms with Crippen LogP contribution >= 0.6 is 15.9 Å². The molecule has 0 spiro atoms. The van der Waals surface area contributed by atoms with E-state index in [1.807, 2.05) is 6.92 Å². The molecular weight excluding hydrogens is 413 g/mol. The number of fused-ring (bicyclic) bond motifs is 1. The van der Waals surface area contributed by atoms with Gasteiger partial charge in [0.25, 0.3) is 11.5 Å². The minimum absolute atomic E-state index is 0.000823. The molecule has 0 aliphatic heterocycles. The summed E-state index contributed by atoms with van der Waals surface area (Å²) in [5, 5.41) is 3.27. The fourth-order valence-electron chi connectivity index (χ4n) is 2.64. The molecule has 2 heterocycles. The van der Waals surface area contributed by atoms with Gasteiger partial charge in [-0.15, -0.1) is 0 Å². The van der Waals surface area contributed by atoms with E-state index in [0.29, 0.717) is 23.2 Å². The van der Waals surface area contributed by atoms with Crippen LogP contribution in [0.1, 0.15) is 29.3 Å². The molecule has 1 amide bonds. The summed E-state index contributed by atoms with van der Waals surface area (Å²) >= 11 is 3.36. The number of nitrogens with one attached hydrogen (secondary N) is 1. The predicted molar refractivity (Wildman–Crippen MR) is 106 cm³/mol. The second kappa shape index (κ2) is 7.84. The van der Waals surface area contributed by atoms with Gasteiger partial charge >= 0.3 is 0 Å². The van der Waals surface area contributed by atoms with Gasteiger partial charge in [-0.3, -0.25) is 14.2 Å². The van der Waals surface area contributed by atoms with Crippen LogP contribution in [0.3, 0.4) is 0 Å². The van der Waals surface area contributed by atoms with E-state index in [9.17, 15) is 14.0 Å². The molecule has 0 atom stereocenters. The first-order valence-electron chi connectivity index (χ1n) is 8.31. The Hall–Kier alpha value is -2.80. The van der Waals surface area contributed by atoms with Crippen LogP contribution in [0, 0.1) is 5.82 Å². The van der Waals surface area contributed by atoms with Gasteiger partial charge in [0.1, 0.15) is 17.0 Å². The lowest BCUT2D eigenvalue weighted by Crippen LogP contribution is -2.33. The van der Waals surface area contributed by atoms with Crippen molar-refractivity contribution in [1.29, 1.82) is 0 Å². The lowest BCUT2D eigenvalue weighted by atomic mass is 10.1. The summed E-state index contributed by atoms with van der Waals surface area (Å²) in [6, 6.07) is 9.16. The molecule has 1 aromatic carbocycles. The zero-order chi connectivity index (χ0) is 19.6. The molecule has 138 valence electrons. The molecule has 5 nitrogen and oxygen atoms in total. The fraction of sp³-hybridized carbons (Fsp3) is 0.150. The van der Waals surface area contributed by atoms with E-state index in [-0.39, 0.29) is 17.9 Å². The Kier molecular flexibility index (Phi) is 5.51. The summed E-state index contributed by atoms with van der Waals surface area (Å²) < 4.78 is 15.3. The molecule has 0 saturated carbocycles. The summed E-state index contributed by atoms with van der Waals surface area (Å²) in [5.41, 5.74) is 1.22. The Labute approximate surface area is 163 Å². The molecule has 3 rings (SSSR count). The van der Waals surface area contributed by atoms with Gasteiger partial charge in [0.05, 0.1) is 6.54 Å². The standard InChI is InChI=1S/C20H17BrFN3O2/c1-3-12(2)24-19(26)17-9-14-8-15(21)10-23-18(14)25(20(17)27)11-13-4-6-16(22)7-5-13/h4-10H,2-3,11H2,1H3,(H,24,26). The Morgan fingerprint density at radius 1 is 1.30 bits per heavy atom. The first-order valence-corrected chi connectivity index (χ1v) is 9.11. The van der Waals surface area contributed by atoms with Crippen molar-refractivity contribution >= 4 is 32.9 Å². The summed E-state index contributed by atoms with van der Waals surface area (Å²) in [4.78, 5) is 29.9. The molecule has 0 fully saturated rings. The molecule has 27 heavy (non-hydrogen) atoms. The van der Waals surface area contributed by atoms with E-state index < -0.39 is 11.5 Å². The maximum absolute atomic E-state index is 13.2. The minimum atomic E-state index is -0.512. The number of halogens is 2. The second-order valence-corrected chi connectivity index (χ2v) is 6.97. The highest BCUT2D eigenvalue weighted by molar-refractivity contribution is 9.10. The lowest BCUT2D eigenvalue weighted by molar-refractivity contribution is 0.0963. The molecule has 0 unspecified atom stereocenters. The third-order valence-corrected chi connectivity index (χ3v) is 4.54. The van der Waals surface area contributed by atoms with Crippen molar-refractivity contribution in [3.63, 3.8) is 0 Å². The monoisotopic (exact) mass is 429 g/mol. The van der Waals surface area contributed by atoms with E-state index in [1.54, 1.807) is 24.4 Å². The van der Waals surface area contributed by atoms with Crippen LogP contribution in [-0.4, -0.2) is 15.5 Å². The molecule has 0 saturated heterocycles. The van der Waals surface area contributed by atoms with E-state index in [2.05, 4.69) is 32.8 Å². The summed E-state index contributed by atoms with van der Waals surface area (Å²) in [5.74, 6) is -0.870. The number of nitrogens with zero attached hydrogens (tertiary/aromatic N) is 2. The van der Waals surface area contributed by atoms with Crippen molar-refractivity contribution in [3.05, 3.63) is 86.6 Å². The van der Waals surface area contributed by atoms with Gasteiger partial charge in [-0.2, -0.15) is 0 Å². The third kappa shape index (κ3) is 4.14. The number of aromatic nitrogens is 2. The molecule has 3 aromatic rings. The number of hydrogen-bond donors (Lipinski definition) is 1. The highest BCUT2D eigenvalue weighted by atomic mass is 79.9. The Morgan fingerprint density at radius 3 is 2.67 bits per heavy atom. The number of amides is 1. The number of allylic oxidation sites excluding steroid dienone is 1. The van der Waals surface area contributed by atoms with Crippen molar-refractivity contribution in [2.24, 2.45) is 0 Å². The van der Waals surface area contributed by atoms with Gasteiger partial charge in [-0.05, 0) is 52.2 Å². The zero-order valence-corrected chi connectivity index (χ0v) is 16.2. The first kappa shape index (κ1) is 19.0. The number of benzene rings is 1. The van der Waals surface area contributed by atoms with Crippen LogP contribution in [-0.2, 0) is 6.54 Å². The summed E-state index contributed by atoms with van der Waals surface area (Å²) in [6.45, 7) is 5.77.